The molecule has 1 amide bonds. The first-order chi connectivity index (χ1) is 17.6. The second kappa shape index (κ2) is 9.70. The summed E-state index contributed by atoms with van der Waals surface area (Å²) in [7, 11) is 0. The van der Waals surface area contributed by atoms with Crippen molar-refractivity contribution in [3.63, 3.8) is 0 Å². The van der Waals surface area contributed by atoms with E-state index in [4.69, 9.17) is 9.47 Å². The SMILES string of the molecule is Cc1ccc(CC(=O)C2(c3ccc4c(c3)OCO4)CC2)cc1-c1ccc(C(=O)NCCC(C)(C)C)cc1. The molecular formula is C32H35NO4. The molecule has 0 atom stereocenters. The van der Waals surface area contributed by atoms with Crippen molar-refractivity contribution in [2.75, 3.05) is 13.3 Å². The van der Waals surface area contributed by atoms with Crippen LogP contribution in [0, 0.1) is 12.3 Å². The van der Waals surface area contributed by atoms with Crippen LogP contribution in [0.15, 0.2) is 60.7 Å². The number of amides is 1. The number of hydrogen-bond donors (Lipinski definition) is 1. The maximum Gasteiger partial charge on any atom is 0.251 e. The summed E-state index contributed by atoms with van der Waals surface area (Å²) >= 11 is 0. The number of rotatable bonds is 8. The Balaban J connectivity index is 1.28. The largest absolute Gasteiger partial charge is 0.454 e. The van der Waals surface area contributed by atoms with Gasteiger partial charge in [-0.2, -0.15) is 0 Å². The van der Waals surface area contributed by atoms with Gasteiger partial charge in [-0.05, 0) is 83.7 Å². The first-order valence-corrected chi connectivity index (χ1v) is 13.1. The van der Waals surface area contributed by atoms with E-state index in [1.54, 1.807) is 0 Å². The molecule has 1 aliphatic heterocycles. The fourth-order valence-electron chi connectivity index (χ4n) is 4.95. The number of ketones is 1. The average Bonchev–Trinajstić information content (AvgIpc) is 3.55. The van der Waals surface area contributed by atoms with E-state index in [1.807, 2.05) is 48.5 Å². The van der Waals surface area contributed by atoms with Crippen LogP contribution >= 0.6 is 0 Å². The third kappa shape index (κ3) is 5.41. The number of carbonyl (C=O) groups excluding carboxylic acids is 2. The van der Waals surface area contributed by atoms with Gasteiger partial charge in [0.2, 0.25) is 6.79 Å². The molecule has 5 heteroatoms. The number of benzene rings is 3. The van der Waals surface area contributed by atoms with Gasteiger partial charge >= 0.3 is 0 Å². The van der Waals surface area contributed by atoms with E-state index in [-0.39, 0.29) is 23.9 Å². The summed E-state index contributed by atoms with van der Waals surface area (Å²) in [6, 6.07) is 19.8. The minimum absolute atomic E-state index is 0.0508. The van der Waals surface area contributed by atoms with Crippen molar-refractivity contribution in [2.24, 2.45) is 5.41 Å². The van der Waals surface area contributed by atoms with Crippen LogP contribution in [0.1, 0.15) is 67.1 Å². The first kappa shape index (κ1) is 25.1. The fourth-order valence-corrected chi connectivity index (χ4v) is 4.95. The molecule has 3 aromatic carbocycles. The summed E-state index contributed by atoms with van der Waals surface area (Å²) in [5.41, 5.74) is 5.69. The minimum Gasteiger partial charge on any atom is -0.454 e. The molecule has 0 saturated heterocycles. The van der Waals surface area contributed by atoms with E-state index < -0.39 is 5.41 Å². The summed E-state index contributed by atoms with van der Waals surface area (Å²) in [6.45, 7) is 9.46. The van der Waals surface area contributed by atoms with Crippen LogP contribution in [0.2, 0.25) is 0 Å². The van der Waals surface area contributed by atoms with Crippen molar-refractivity contribution in [3.8, 4) is 22.6 Å². The maximum atomic E-state index is 13.5. The molecular weight excluding hydrogens is 462 g/mol. The Morgan fingerprint density at radius 1 is 0.919 bits per heavy atom. The predicted molar refractivity (Wildman–Crippen MR) is 145 cm³/mol. The van der Waals surface area contributed by atoms with Crippen molar-refractivity contribution in [2.45, 2.75) is 58.8 Å². The van der Waals surface area contributed by atoms with Gasteiger partial charge in [0.1, 0.15) is 5.78 Å². The van der Waals surface area contributed by atoms with Gasteiger partial charge in [0.15, 0.2) is 11.5 Å². The molecule has 37 heavy (non-hydrogen) atoms. The van der Waals surface area contributed by atoms with Crippen LogP contribution in [-0.2, 0) is 16.6 Å². The quantitative estimate of drug-likeness (QED) is 0.391. The van der Waals surface area contributed by atoms with E-state index in [0.717, 1.165) is 58.6 Å². The van der Waals surface area contributed by atoms with Crippen molar-refractivity contribution >= 4 is 11.7 Å². The summed E-state index contributed by atoms with van der Waals surface area (Å²) in [5.74, 6) is 1.65. The van der Waals surface area contributed by atoms with Gasteiger partial charge in [0, 0.05) is 18.5 Å². The molecule has 1 saturated carbocycles. The van der Waals surface area contributed by atoms with Gasteiger partial charge in [0.25, 0.3) is 5.91 Å². The second-order valence-corrected chi connectivity index (χ2v) is 11.5. The van der Waals surface area contributed by atoms with Crippen molar-refractivity contribution in [1.82, 2.24) is 5.32 Å². The number of carbonyl (C=O) groups is 2. The van der Waals surface area contributed by atoms with Crippen molar-refractivity contribution in [1.29, 1.82) is 0 Å². The standard InChI is InChI=1S/C32H35NO4/c1-21-5-6-22(18-29(34)32(13-14-32)25-11-12-27-28(19-25)37-20-36-27)17-26(21)23-7-9-24(10-8-23)30(35)33-16-15-31(2,3)4/h5-12,17,19H,13-16,18,20H2,1-4H3,(H,33,35). The lowest BCUT2D eigenvalue weighted by molar-refractivity contribution is -0.120. The number of Topliss-reactive ketones (excluding diaryl/α,β-unsaturated/α-hetero) is 1. The Morgan fingerprint density at radius 3 is 2.35 bits per heavy atom. The molecule has 192 valence electrons. The molecule has 0 bridgehead atoms. The van der Waals surface area contributed by atoms with Gasteiger partial charge in [-0.3, -0.25) is 9.59 Å². The summed E-state index contributed by atoms with van der Waals surface area (Å²) in [6.07, 6.45) is 3.04. The predicted octanol–water partition coefficient (Wildman–Crippen LogP) is 6.40. The smallest absolute Gasteiger partial charge is 0.251 e. The van der Waals surface area contributed by atoms with Crippen LogP contribution in [0.5, 0.6) is 11.5 Å². The van der Waals surface area contributed by atoms with Crippen LogP contribution in [0.25, 0.3) is 11.1 Å². The highest BCUT2D eigenvalue weighted by Gasteiger charge is 2.50. The van der Waals surface area contributed by atoms with Crippen LogP contribution in [0.3, 0.4) is 0 Å². The lowest BCUT2D eigenvalue weighted by Crippen LogP contribution is -2.27. The number of nitrogens with one attached hydrogen (secondary N) is 1. The maximum absolute atomic E-state index is 13.5. The highest BCUT2D eigenvalue weighted by molar-refractivity contribution is 5.95. The Hall–Kier alpha value is -3.60. The topological polar surface area (TPSA) is 64.6 Å². The Kier molecular flexibility index (Phi) is 6.57. The molecule has 3 aromatic rings. The molecule has 1 heterocycles. The zero-order chi connectivity index (χ0) is 26.2. The number of ether oxygens (including phenoxy) is 2. The Morgan fingerprint density at radius 2 is 1.65 bits per heavy atom. The van der Waals surface area contributed by atoms with E-state index in [1.165, 1.54) is 0 Å². The van der Waals surface area contributed by atoms with Crippen LogP contribution in [0.4, 0.5) is 0 Å². The third-order valence-corrected chi connectivity index (χ3v) is 7.49. The van der Waals surface area contributed by atoms with E-state index in [0.29, 0.717) is 18.5 Å². The van der Waals surface area contributed by atoms with Gasteiger partial charge in [-0.15, -0.1) is 0 Å². The highest BCUT2D eigenvalue weighted by Crippen LogP contribution is 2.51. The minimum atomic E-state index is -0.423. The van der Waals surface area contributed by atoms with E-state index in [9.17, 15) is 9.59 Å². The van der Waals surface area contributed by atoms with Crippen LogP contribution < -0.4 is 14.8 Å². The zero-order valence-electron chi connectivity index (χ0n) is 22.1. The van der Waals surface area contributed by atoms with E-state index in [2.05, 4.69) is 45.1 Å². The lowest BCUT2D eigenvalue weighted by Gasteiger charge is -2.18. The molecule has 1 fully saturated rings. The summed E-state index contributed by atoms with van der Waals surface area (Å²) in [5, 5.41) is 3.01. The van der Waals surface area contributed by atoms with Gasteiger partial charge in [0.05, 0.1) is 5.41 Å². The zero-order valence-corrected chi connectivity index (χ0v) is 22.1. The number of aryl methyl sites for hydroxylation is 1. The van der Waals surface area contributed by atoms with Crippen LogP contribution in [-0.4, -0.2) is 25.0 Å². The van der Waals surface area contributed by atoms with Gasteiger partial charge < -0.3 is 14.8 Å². The normalized spacial score (nSPS) is 15.4. The molecule has 2 aliphatic rings. The fraction of sp³-hybridized carbons (Fsp3) is 0.375. The monoisotopic (exact) mass is 497 g/mol. The highest BCUT2D eigenvalue weighted by atomic mass is 16.7. The number of hydrogen-bond acceptors (Lipinski definition) is 4. The Labute approximate surface area is 219 Å². The number of fused-ring (bicyclic) bond motifs is 1. The van der Waals surface area contributed by atoms with Crippen molar-refractivity contribution < 1.29 is 19.1 Å². The molecule has 0 spiro atoms. The van der Waals surface area contributed by atoms with Gasteiger partial charge in [-0.25, -0.2) is 0 Å². The van der Waals surface area contributed by atoms with E-state index >= 15 is 0 Å². The lowest BCUT2D eigenvalue weighted by atomic mass is 9.87. The molecule has 1 N–H and O–H groups in total. The third-order valence-electron chi connectivity index (χ3n) is 7.49. The molecule has 5 rings (SSSR count). The van der Waals surface area contributed by atoms with Gasteiger partial charge in [-0.1, -0.05) is 57.2 Å². The molecule has 0 unspecified atom stereocenters. The Bertz CT molecular complexity index is 1330. The summed E-state index contributed by atoms with van der Waals surface area (Å²) in [4.78, 5) is 26.0. The molecule has 5 nitrogen and oxygen atoms in total. The second-order valence-electron chi connectivity index (χ2n) is 11.5. The summed E-state index contributed by atoms with van der Waals surface area (Å²) < 4.78 is 11.0. The molecule has 0 radical (unpaired) electrons. The molecule has 0 aromatic heterocycles. The first-order valence-electron chi connectivity index (χ1n) is 13.1. The average molecular weight is 498 g/mol. The molecule has 1 aliphatic carbocycles. The van der Waals surface area contributed by atoms with Crippen molar-refractivity contribution in [3.05, 3.63) is 82.9 Å².